The molecule has 0 atom stereocenters. The molecule has 1 heterocycles. The van der Waals surface area contributed by atoms with E-state index >= 15 is 0 Å². The van der Waals surface area contributed by atoms with Gasteiger partial charge in [-0.3, -0.25) is 14.9 Å². The number of nitro groups is 1. The number of fused-ring (bicyclic) bond motifs is 1. The van der Waals surface area contributed by atoms with Crippen LogP contribution in [0, 0.1) is 24.0 Å². The highest BCUT2D eigenvalue weighted by Gasteiger charge is 2.19. The molecule has 166 valence electrons. The predicted molar refractivity (Wildman–Crippen MR) is 122 cm³/mol. The maximum Gasteiger partial charge on any atom is 0.345 e. The molecule has 0 bridgehead atoms. The Morgan fingerprint density at radius 2 is 1.73 bits per heavy atom. The third-order valence-electron chi connectivity index (χ3n) is 4.73. The Kier molecular flexibility index (Phi) is 5.85. The maximum atomic E-state index is 12.8. The van der Waals surface area contributed by atoms with Gasteiger partial charge in [0.05, 0.1) is 20.9 Å². The van der Waals surface area contributed by atoms with Crippen LogP contribution in [0.1, 0.15) is 21.5 Å². The van der Waals surface area contributed by atoms with Gasteiger partial charge in [0.1, 0.15) is 23.3 Å². The average molecular weight is 466 g/mol. The zero-order valence-electron chi connectivity index (χ0n) is 17.5. The van der Waals surface area contributed by atoms with Crippen LogP contribution in [0.25, 0.3) is 11.0 Å². The molecule has 0 aliphatic heterocycles. The highest BCUT2D eigenvalue weighted by atomic mass is 35.5. The van der Waals surface area contributed by atoms with E-state index in [2.05, 4.69) is 0 Å². The molecule has 0 unspecified atom stereocenters. The molecule has 0 saturated heterocycles. The fraction of sp³-hybridized carbons (Fsp3) is 0.0833. The molecule has 1 aromatic heterocycles. The second-order valence-corrected chi connectivity index (χ2v) is 7.73. The molecule has 0 spiro atoms. The van der Waals surface area contributed by atoms with Crippen LogP contribution in [0.3, 0.4) is 0 Å². The van der Waals surface area contributed by atoms with Gasteiger partial charge in [0.25, 0.3) is 5.69 Å². The Hall–Kier alpha value is -4.17. The number of aryl methyl sites for hydroxylation is 2. The number of non-ortho nitro benzene ring substituents is 1. The number of nitro benzene ring substituents is 1. The summed E-state index contributed by atoms with van der Waals surface area (Å²) in [6.45, 7) is 3.85. The van der Waals surface area contributed by atoms with Crippen molar-refractivity contribution in [1.82, 2.24) is 0 Å². The lowest BCUT2D eigenvalue weighted by atomic mass is 10.1. The van der Waals surface area contributed by atoms with Gasteiger partial charge in [0.2, 0.25) is 11.2 Å². The number of halogens is 1. The van der Waals surface area contributed by atoms with Crippen molar-refractivity contribution in [2.75, 3.05) is 0 Å². The van der Waals surface area contributed by atoms with E-state index in [1.165, 1.54) is 36.6 Å². The van der Waals surface area contributed by atoms with Crippen molar-refractivity contribution in [3.05, 3.63) is 103 Å². The molecule has 0 N–H and O–H groups in total. The Labute approximate surface area is 192 Å². The second-order valence-electron chi connectivity index (χ2n) is 7.32. The summed E-state index contributed by atoms with van der Waals surface area (Å²) < 4.78 is 16.5. The van der Waals surface area contributed by atoms with E-state index in [1.807, 2.05) is 19.9 Å². The molecule has 0 radical (unpaired) electrons. The fourth-order valence-corrected chi connectivity index (χ4v) is 3.48. The first-order valence-corrected chi connectivity index (χ1v) is 10.1. The van der Waals surface area contributed by atoms with Gasteiger partial charge >= 0.3 is 5.97 Å². The molecular formula is C24H16ClNO7. The summed E-state index contributed by atoms with van der Waals surface area (Å²) in [6.07, 6.45) is 1.19. The summed E-state index contributed by atoms with van der Waals surface area (Å²) in [4.78, 5) is 35.6. The Bertz CT molecular complexity index is 1460. The first kappa shape index (κ1) is 22.0. The van der Waals surface area contributed by atoms with E-state index in [1.54, 1.807) is 12.1 Å². The first-order chi connectivity index (χ1) is 15.7. The summed E-state index contributed by atoms with van der Waals surface area (Å²) in [5.41, 5.74) is 1.30. The van der Waals surface area contributed by atoms with Crippen molar-refractivity contribution in [2.45, 2.75) is 13.8 Å². The van der Waals surface area contributed by atoms with Gasteiger partial charge in [-0.25, -0.2) is 4.79 Å². The van der Waals surface area contributed by atoms with Crippen LogP contribution in [0.4, 0.5) is 5.69 Å². The van der Waals surface area contributed by atoms with Crippen molar-refractivity contribution in [1.29, 1.82) is 0 Å². The largest absolute Gasteiger partial charge is 0.460 e. The van der Waals surface area contributed by atoms with Gasteiger partial charge in [0, 0.05) is 18.2 Å². The number of hydrogen-bond acceptors (Lipinski definition) is 7. The standard InChI is InChI=1S/C24H16ClNO7/c1-13-7-14(2)9-17(8-13)32-22-12-31-21-11-16(4-5-18(21)23(22)27)33-24(28)19-10-15(26(29)30)3-6-20(19)25/h3-12H,1-2H3. The Morgan fingerprint density at radius 3 is 2.42 bits per heavy atom. The SMILES string of the molecule is Cc1cc(C)cc(Oc2coc3cc(OC(=O)c4cc([N+](=O)[O-])ccc4Cl)ccc3c2=O)c1. The average Bonchev–Trinajstić information content (AvgIpc) is 2.75. The summed E-state index contributed by atoms with van der Waals surface area (Å²) in [5, 5.41) is 11.2. The first-order valence-electron chi connectivity index (χ1n) is 9.69. The smallest absolute Gasteiger partial charge is 0.345 e. The van der Waals surface area contributed by atoms with Crippen LogP contribution in [0.2, 0.25) is 5.02 Å². The van der Waals surface area contributed by atoms with Gasteiger partial charge in [-0.05, 0) is 55.3 Å². The van der Waals surface area contributed by atoms with E-state index in [4.69, 9.17) is 25.5 Å². The minimum Gasteiger partial charge on any atom is -0.460 e. The molecule has 4 rings (SSSR count). The van der Waals surface area contributed by atoms with Crippen molar-refractivity contribution >= 4 is 34.2 Å². The van der Waals surface area contributed by atoms with E-state index in [0.29, 0.717) is 5.75 Å². The molecule has 9 heteroatoms. The van der Waals surface area contributed by atoms with Gasteiger partial charge in [0.15, 0.2) is 0 Å². The lowest BCUT2D eigenvalue weighted by molar-refractivity contribution is -0.384. The summed E-state index contributed by atoms with van der Waals surface area (Å²) in [6, 6.07) is 13.3. The minimum atomic E-state index is -0.889. The van der Waals surface area contributed by atoms with Gasteiger partial charge < -0.3 is 13.9 Å². The van der Waals surface area contributed by atoms with Gasteiger partial charge in [-0.1, -0.05) is 17.7 Å². The number of carbonyl (C=O) groups excluding carboxylic acids is 1. The van der Waals surface area contributed by atoms with Crippen LogP contribution in [0.5, 0.6) is 17.2 Å². The van der Waals surface area contributed by atoms with E-state index in [9.17, 15) is 19.7 Å². The molecule has 0 fully saturated rings. The molecule has 4 aromatic rings. The molecule has 33 heavy (non-hydrogen) atoms. The summed E-state index contributed by atoms with van der Waals surface area (Å²) >= 11 is 5.98. The van der Waals surface area contributed by atoms with E-state index in [0.717, 1.165) is 17.2 Å². The van der Waals surface area contributed by atoms with Crippen molar-refractivity contribution < 1.29 is 23.6 Å². The van der Waals surface area contributed by atoms with E-state index in [-0.39, 0.29) is 38.7 Å². The molecule has 0 amide bonds. The van der Waals surface area contributed by atoms with Crippen molar-refractivity contribution in [3.63, 3.8) is 0 Å². The number of carbonyl (C=O) groups is 1. The monoisotopic (exact) mass is 465 g/mol. The van der Waals surface area contributed by atoms with Crippen LogP contribution in [-0.4, -0.2) is 10.9 Å². The number of rotatable bonds is 5. The van der Waals surface area contributed by atoms with Crippen LogP contribution in [0.15, 0.2) is 70.1 Å². The highest BCUT2D eigenvalue weighted by molar-refractivity contribution is 6.33. The topological polar surface area (TPSA) is 109 Å². The maximum absolute atomic E-state index is 12.8. The van der Waals surface area contributed by atoms with Crippen molar-refractivity contribution in [3.8, 4) is 17.2 Å². The third kappa shape index (κ3) is 4.70. The minimum absolute atomic E-state index is 0.00565. The van der Waals surface area contributed by atoms with Crippen LogP contribution in [-0.2, 0) is 0 Å². The predicted octanol–water partition coefficient (Wildman–Crippen LogP) is 5.98. The molecule has 0 saturated carbocycles. The van der Waals surface area contributed by atoms with Crippen LogP contribution < -0.4 is 14.9 Å². The molecule has 0 aliphatic carbocycles. The normalized spacial score (nSPS) is 10.8. The lowest BCUT2D eigenvalue weighted by Crippen LogP contribution is -2.10. The molecule has 3 aromatic carbocycles. The Morgan fingerprint density at radius 1 is 1.00 bits per heavy atom. The quantitative estimate of drug-likeness (QED) is 0.154. The van der Waals surface area contributed by atoms with Gasteiger partial charge in [-0.2, -0.15) is 0 Å². The second kappa shape index (κ2) is 8.76. The fourth-order valence-electron chi connectivity index (χ4n) is 3.29. The third-order valence-corrected chi connectivity index (χ3v) is 5.06. The van der Waals surface area contributed by atoms with Gasteiger partial charge in [-0.15, -0.1) is 0 Å². The molecule has 0 aliphatic rings. The highest BCUT2D eigenvalue weighted by Crippen LogP contribution is 2.27. The number of hydrogen-bond donors (Lipinski definition) is 0. The lowest BCUT2D eigenvalue weighted by Gasteiger charge is -2.09. The number of ether oxygens (including phenoxy) is 2. The summed E-state index contributed by atoms with van der Waals surface area (Å²) in [7, 11) is 0. The zero-order valence-corrected chi connectivity index (χ0v) is 18.2. The van der Waals surface area contributed by atoms with E-state index < -0.39 is 16.3 Å². The van der Waals surface area contributed by atoms with Crippen LogP contribution >= 0.6 is 11.6 Å². The number of nitrogens with zero attached hydrogens (tertiary/aromatic N) is 1. The number of esters is 1. The molecule has 8 nitrogen and oxygen atoms in total. The van der Waals surface area contributed by atoms with Crippen molar-refractivity contribution in [2.24, 2.45) is 0 Å². The molecular weight excluding hydrogens is 450 g/mol. The number of benzene rings is 3. The zero-order chi connectivity index (χ0) is 23.7. The Balaban J connectivity index is 1.61. The summed E-state index contributed by atoms with van der Waals surface area (Å²) in [5.74, 6) is -0.291.